The molecule has 0 aliphatic rings. The summed E-state index contributed by atoms with van der Waals surface area (Å²) >= 11 is 0. The first-order valence-corrected chi connectivity index (χ1v) is 6.22. The first-order valence-electron chi connectivity index (χ1n) is 6.22. The Bertz CT molecular complexity index is 800. The maximum Gasteiger partial charge on any atom is 0.326 e. The first kappa shape index (κ1) is 12.3. The Labute approximate surface area is 115 Å². The lowest BCUT2D eigenvalue weighted by molar-refractivity contribution is 0.414. The molecule has 0 bridgehead atoms. The zero-order chi connectivity index (χ0) is 14.1. The van der Waals surface area contributed by atoms with Gasteiger partial charge < -0.3 is 14.8 Å². The Balaban J connectivity index is 2.01. The highest BCUT2D eigenvalue weighted by atomic mass is 16.5. The molecule has 0 aliphatic heterocycles. The number of aromatic nitrogens is 2. The summed E-state index contributed by atoms with van der Waals surface area (Å²) in [5.41, 5.74) is 2.20. The molecule has 3 rings (SSSR count). The minimum Gasteiger partial charge on any atom is -0.508 e. The van der Waals surface area contributed by atoms with E-state index in [0.717, 1.165) is 16.8 Å². The third-order valence-corrected chi connectivity index (χ3v) is 3.26. The standard InChI is InChI=1S/C15H14N2O3/c1-20-12-5-2-10(3-6-12)9-17-14-7-4-11(18)8-13(14)16-15(17)19/h2-8,18H,9H2,1H3,(H,16,19). The summed E-state index contributed by atoms with van der Waals surface area (Å²) in [6, 6.07) is 12.4. The van der Waals surface area contributed by atoms with Gasteiger partial charge in [0.25, 0.3) is 0 Å². The van der Waals surface area contributed by atoms with E-state index in [1.807, 2.05) is 24.3 Å². The molecule has 1 heterocycles. The molecule has 0 saturated carbocycles. The number of H-pyrrole nitrogens is 1. The molecular formula is C15H14N2O3. The third kappa shape index (κ3) is 2.14. The van der Waals surface area contributed by atoms with Crippen LogP contribution in [0.4, 0.5) is 0 Å². The molecule has 0 radical (unpaired) electrons. The van der Waals surface area contributed by atoms with Gasteiger partial charge in [-0.1, -0.05) is 12.1 Å². The largest absolute Gasteiger partial charge is 0.508 e. The smallest absolute Gasteiger partial charge is 0.326 e. The molecule has 5 heteroatoms. The van der Waals surface area contributed by atoms with E-state index in [1.165, 1.54) is 0 Å². The number of methoxy groups -OCH3 is 1. The lowest BCUT2D eigenvalue weighted by atomic mass is 10.2. The third-order valence-electron chi connectivity index (χ3n) is 3.26. The van der Waals surface area contributed by atoms with E-state index in [1.54, 1.807) is 29.9 Å². The van der Waals surface area contributed by atoms with E-state index in [2.05, 4.69) is 4.98 Å². The highest BCUT2D eigenvalue weighted by Crippen LogP contribution is 2.18. The summed E-state index contributed by atoms with van der Waals surface area (Å²) < 4.78 is 6.74. The Morgan fingerprint density at radius 2 is 1.95 bits per heavy atom. The number of hydrogen-bond acceptors (Lipinski definition) is 3. The van der Waals surface area contributed by atoms with Crippen molar-refractivity contribution in [1.82, 2.24) is 9.55 Å². The van der Waals surface area contributed by atoms with Crippen molar-refractivity contribution in [3.8, 4) is 11.5 Å². The number of ether oxygens (including phenoxy) is 1. The highest BCUT2D eigenvalue weighted by Gasteiger charge is 2.07. The monoisotopic (exact) mass is 270 g/mol. The van der Waals surface area contributed by atoms with Gasteiger partial charge in [0, 0.05) is 6.07 Å². The van der Waals surface area contributed by atoms with Gasteiger partial charge in [-0.05, 0) is 29.8 Å². The number of rotatable bonds is 3. The number of nitrogens with zero attached hydrogens (tertiary/aromatic N) is 1. The minimum atomic E-state index is -0.193. The first-order chi connectivity index (χ1) is 9.67. The normalized spacial score (nSPS) is 10.8. The summed E-state index contributed by atoms with van der Waals surface area (Å²) in [5, 5.41) is 9.43. The molecule has 1 aromatic heterocycles. The number of aromatic hydroxyl groups is 1. The number of imidazole rings is 1. The molecule has 102 valence electrons. The Hall–Kier alpha value is -2.69. The molecule has 0 spiro atoms. The van der Waals surface area contributed by atoms with Gasteiger partial charge in [-0.25, -0.2) is 4.79 Å². The van der Waals surface area contributed by atoms with Crippen LogP contribution >= 0.6 is 0 Å². The van der Waals surface area contributed by atoms with Crippen LogP contribution in [0.1, 0.15) is 5.56 Å². The number of benzene rings is 2. The molecule has 3 aromatic rings. The number of hydrogen-bond donors (Lipinski definition) is 2. The zero-order valence-electron chi connectivity index (χ0n) is 11.0. The van der Waals surface area contributed by atoms with Crippen LogP contribution < -0.4 is 10.4 Å². The van der Waals surface area contributed by atoms with E-state index in [0.29, 0.717) is 12.1 Å². The summed E-state index contributed by atoms with van der Waals surface area (Å²) in [5.74, 6) is 0.917. The van der Waals surface area contributed by atoms with Gasteiger partial charge in [-0.3, -0.25) is 4.57 Å². The predicted octanol–water partition coefficient (Wildman–Crippen LogP) is 2.09. The van der Waals surface area contributed by atoms with Gasteiger partial charge in [-0.15, -0.1) is 0 Å². The molecule has 2 aromatic carbocycles. The quantitative estimate of drug-likeness (QED) is 0.765. The van der Waals surface area contributed by atoms with Crippen LogP contribution in [0, 0.1) is 0 Å². The fraction of sp³-hybridized carbons (Fsp3) is 0.133. The van der Waals surface area contributed by atoms with Crippen molar-refractivity contribution in [2.24, 2.45) is 0 Å². The second kappa shape index (κ2) is 4.77. The van der Waals surface area contributed by atoms with Gasteiger partial charge >= 0.3 is 5.69 Å². The maximum atomic E-state index is 12.0. The van der Waals surface area contributed by atoms with Crippen molar-refractivity contribution in [3.63, 3.8) is 0 Å². The number of nitrogens with one attached hydrogen (secondary N) is 1. The van der Waals surface area contributed by atoms with Crippen molar-refractivity contribution in [3.05, 3.63) is 58.5 Å². The van der Waals surface area contributed by atoms with Gasteiger partial charge in [-0.2, -0.15) is 0 Å². The van der Waals surface area contributed by atoms with Crippen molar-refractivity contribution in [2.75, 3.05) is 7.11 Å². The molecule has 2 N–H and O–H groups in total. The molecule has 0 saturated heterocycles. The second-order valence-electron chi connectivity index (χ2n) is 4.57. The lowest BCUT2D eigenvalue weighted by Gasteiger charge is -2.05. The van der Waals surface area contributed by atoms with Crippen LogP contribution in [0.3, 0.4) is 0 Å². The van der Waals surface area contributed by atoms with E-state index in [-0.39, 0.29) is 11.4 Å². The summed E-state index contributed by atoms with van der Waals surface area (Å²) in [4.78, 5) is 14.7. The number of phenols is 1. The molecule has 0 atom stereocenters. The van der Waals surface area contributed by atoms with Crippen LogP contribution in [-0.2, 0) is 6.54 Å². The van der Waals surface area contributed by atoms with Crippen molar-refractivity contribution >= 4 is 11.0 Å². The average Bonchev–Trinajstić information content (AvgIpc) is 2.75. The Kier molecular flexibility index (Phi) is 2.95. The molecule has 0 aliphatic carbocycles. The number of phenolic OH excluding ortho intramolecular Hbond substituents is 1. The van der Waals surface area contributed by atoms with E-state index >= 15 is 0 Å². The Morgan fingerprint density at radius 3 is 2.65 bits per heavy atom. The second-order valence-corrected chi connectivity index (χ2v) is 4.57. The average molecular weight is 270 g/mol. The SMILES string of the molecule is COc1ccc(Cn2c(=O)[nH]c3cc(O)ccc32)cc1. The van der Waals surface area contributed by atoms with Crippen LogP contribution in [-0.4, -0.2) is 21.8 Å². The molecule has 0 amide bonds. The fourth-order valence-electron chi connectivity index (χ4n) is 2.22. The van der Waals surface area contributed by atoms with Gasteiger partial charge in [0.15, 0.2) is 0 Å². The summed E-state index contributed by atoms with van der Waals surface area (Å²) in [7, 11) is 1.62. The van der Waals surface area contributed by atoms with Crippen LogP contribution in [0.2, 0.25) is 0 Å². The highest BCUT2D eigenvalue weighted by molar-refractivity contribution is 5.76. The topological polar surface area (TPSA) is 67.2 Å². The fourth-order valence-corrected chi connectivity index (χ4v) is 2.22. The van der Waals surface area contributed by atoms with Crippen molar-refractivity contribution in [2.45, 2.75) is 6.54 Å². The van der Waals surface area contributed by atoms with Crippen molar-refractivity contribution < 1.29 is 9.84 Å². The van der Waals surface area contributed by atoms with E-state index < -0.39 is 0 Å². The molecule has 20 heavy (non-hydrogen) atoms. The van der Waals surface area contributed by atoms with Crippen LogP contribution in [0.25, 0.3) is 11.0 Å². The molecule has 0 fully saturated rings. The van der Waals surface area contributed by atoms with Crippen molar-refractivity contribution in [1.29, 1.82) is 0 Å². The minimum absolute atomic E-state index is 0.135. The Morgan fingerprint density at radius 1 is 1.20 bits per heavy atom. The lowest BCUT2D eigenvalue weighted by Crippen LogP contribution is -2.17. The van der Waals surface area contributed by atoms with Gasteiger partial charge in [0.2, 0.25) is 0 Å². The van der Waals surface area contributed by atoms with E-state index in [9.17, 15) is 9.90 Å². The molecule has 0 unspecified atom stereocenters. The van der Waals surface area contributed by atoms with Crippen LogP contribution in [0.15, 0.2) is 47.3 Å². The molecular weight excluding hydrogens is 256 g/mol. The maximum absolute atomic E-state index is 12.0. The van der Waals surface area contributed by atoms with Gasteiger partial charge in [0.05, 0.1) is 24.7 Å². The summed E-state index contributed by atoms with van der Waals surface area (Å²) in [6.07, 6.45) is 0. The number of aromatic amines is 1. The summed E-state index contributed by atoms with van der Waals surface area (Å²) in [6.45, 7) is 0.466. The van der Waals surface area contributed by atoms with Crippen LogP contribution in [0.5, 0.6) is 11.5 Å². The zero-order valence-corrected chi connectivity index (χ0v) is 11.0. The van der Waals surface area contributed by atoms with Gasteiger partial charge in [0.1, 0.15) is 11.5 Å². The predicted molar refractivity (Wildman–Crippen MR) is 76.3 cm³/mol. The number of fused-ring (bicyclic) bond motifs is 1. The van der Waals surface area contributed by atoms with E-state index in [4.69, 9.17) is 4.74 Å². The molecule has 5 nitrogen and oxygen atoms in total.